The van der Waals surface area contributed by atoms with Gasteiger partial charge < -0.3 is 14.4 Å². The summed E-state index contributed by atoms with van der Waals surface area (Å²) in [5.41, 5.74) is 1.83. The predicted molar refractivity (Wildman–Crippen MR) is 86.7 cm³/mol. The molecule has 128 valence electrons. The highest BCUT2D eigenvalue weighted by Crippen LogP contribution is 2.30. The Balaban J connectivity index is 1.79. The maximum Gasteiger partial charge on any atom is 0.320 e. The lowest BCUT2D eigenvalue weighted by molar-refractivity contribution is -0.143. The molecule has 2 aromatic rings. The van der Waals surface area contributed by atoms with Gasteiger partial charge in [-0.1, -0.05) is 17.3 Å². The van der Waals surface area contributed by atoms with Gasteiger partial charge in [0.1, 0.15) is 11.8 Å². The Labute approximate surface area is 140 Å². The van der Waals surface area contributed by atoms with Crippen LogP contribution in [-0.4, -0.2) is 45.3 Å². The number of carbonyl (C=O) groups is 1. The number of rotatable bonds is 7. The number of aromatic nitrogens is 2. The Morgan fingerprint density at radius 2 is 2.25 bits per heavy atom. The second-order valence-electron chi connectivity index (χ2n) is 6.11. The molecule has 7 nitrogen and oxygen atoms in total. The number of hydrogen-bond acceptors (Lipinski definition) is 6. The molecule has 0 spiro atoms. The highest BCUT2D eigenvalue weighted by atomic mass is 16.5. The third-order valence-electron chi connectivity index (χ3n) is 4.32. The van der Waals surface area contributed by atoms with E-state index in [2.05, 4.69) is 10.1 Å². The molecule has 1 fully saturated rings. The van der Waals surface area contributed by atoms with E-state index in [1.807, 2.05) is 30.0 Å². The Kier molecular flexibility index (Phi) is 4.53. The molecule has 0 saturated heterocycles. The lowest BCUT2D eigenvalue weighted by Crippen LogP contribution is -2.40. The topological polar surface area (TPSA) is 88.7 Å². The molecule has 1 atom stereocenters. The molecule has 24 heavy (non-hydrogen) atoms. The highest BCUT2D eigenvalue weighted by molar-refractivity contribution is 5.73. The van der Waals surface area contributed by atoms with Crippen molar-refractivity contribution < 1.29 is 19.2 Å². The summed E-state index contributed by atoms with van der Waals surface area (Å²) in [4.78, 5) is 17.6. The summed E-state index contributed by atoms with van der Waals surface area (Å²) in [6, 6.07) is 5.42. The van der Waals surface area contributed by atoms with Crippen molar-refractivity contribution in [3.05, 3.63) is 29.7 Å². The van der Waals surface area contributed by atoms with E-state index in [9.17, 15) is 9.90 Å². The fourth-order valence-electron chi connectivity index (χ4n) is 2.68. The molecule has 1 aliphatic rings. The summed E-state index contributed by atoms with van der Waals surface area (Å²) in [5.74, 6) is 0.814. The first-order valence-corrected chi connectivity index (χ1v) is 7.95. The minimum absolute atomic E-state index is 0.283. The second-order valence-corrected chi connectivity index (χ2v) is 6.11. The number of nitrogens with zero attached hydrogens (tertiary/aromatic N) is 3. The molecule has 0 radical (unpaired) electrons. The lowest BCUT2D eigenvalue weighted by Gasteiger charge is -2.24. The van der Waals surface area contributed by atoms with E-state index < -0.39 is 12.0 Å². The molecule has 1 N–H and O–H groups in total. The third-order valence-corrected chi connectivity index (χ3v) is 4.32. The first-order valence-electron chi connectivity index (χ1n) is 7.95. The van der Waals surface area contributed by atoms with Crippen LogP contribution in [0, 0.1) is 6.92 Å². The van der Waals surface area contributed by atoms with Gasteiger partial charge in [0.25, 0.3) is 0 Å². The van der Waals surface area contributed by atoms with Crippen molar-refractivity contribution in [2.24, 2.45) is 0 Å². The largest absolute Gasteiger partial charge is 0.496 e. The maximum atomic E-state index is 11.3. The highest BCUT2D eigenvalue weighted by Gasteiger charge is 2.36. The van der Waals surface area contributed by atoms with Crippen LogP contribution in [0.15, 0.2) is 22.7 Å². The first-order chi connectivity index (χ1) is 11.5. The number of benzene rings is 1. The SMILES string of the molecule is COc1cc(-c2noc(CN(C3CC3)C(C)C(=O)O)n2)ccc1C. The first kappa shape index (κ1) is 16.4. The molecule has 1 aliphatic carbocycles. The number of ether oxygens (including phenoxy) is 1. The van der Waals surface area contributed by atoms with Crippen molar-refractivity contribution >= 4 is 5.97 Å². The van der Waals surface area contributed by atoms with E-state index in [1.165, 1.54) is 0 Å². The van der Waals surface area contributed by atoms with Crippen molar-refractivity contribution in [1.29, 1.82) is 0 Å². The molecule has 7 heteroatoms. The molecule has 0 amide bonds. The van der Waals surface area contributed by atoms with Crippen LogP contribution in [0.3, 0.4) is 0 Å². The van der Waals surface area contributed by atoms with Crippen LogP contribution in [0.4, 0.5) is 0 Å². The Hall–Kier alpha value is -2.41. The fourth-order valence-corrected chi connectivity index (χ4v) is 2.68. The number of carboxylic acids is 1. The zero-order valence-electron chi connectivity index (χ0n) is 14.0. The van der Waals surface area contributed by atoms with Gasteiger partial charge in [0.2, 0.25) is 11.7 Å². The summed E-state index contributed by atoms with van der Waals surface area (Å²) < 4.78 is 10.6. The van der Waals surface area contributed by atoms with Crippen LogP contribution in [0.5, 0.6) is 5.75 Å². The Morgan fingerprint density at radius 3 is 2.88 bits per heavy atom. The number of carboxylic acid groups (broad SMARTS) is 1. The van der Waals surface area contributed by atoms with Crippen LogP contribution in [0.1, 0.15) is 31.2 Å². The van der Waals surface area contributed by atoms with Gasteiger partial charge in [-0.2, -0.15) is 4.98 Å². The summed E-state index contributed by atoms with van der Waals surface area (Å²) >= 11 is 0. The van der Waals surface area contributed by atoms with Crippen molar-refractivity contribution in [2.75, 3.05) is 7.11 Å². The van der Waals surface area contributed by atoms with Crippen LogP contribution < -0.4 is 4.74 Å². The quantitative estimate of drug-likeness (QED) is 0.833. The van der Waals surface area contributed by atoms with Crippen LogP contribution in [0.2, 0.25) is 0 Å². The van der Waals surface area contributed by atoms with Gasteiger partial charge in [0, 0.05) is 11.6 Å². The van der Waals surface area contributed by atoms with E-state index in [4.69, 9.17) is 9.26 Å². The smallest absolute Gasteiger partial charge is 0.320 e. The molecule has 1 unspecified atom stereocenters. The number of hydrogen-bond donors (Lipinski definition) is 1. The second kappa shape index (κ2) is 6.60. The van der Waals surface area contributed by atoms with Gasteiger partial charge in [0.05, 0.1) is 13.7 Å². The molecule has 1 aromatic heterocycles. The number of methoxy groups -OCH3 is 1. The van der Waals surface area contributed by atoms with E-state index in [1.54, 1.807) is 14.0 Å². The van der Waals surface area contributed by atoms with E-state index in [0.29, 0.717) is 18.3 Å². The molecular weight excluding hydrogens is 310 g/mol. The lowest BCUT2D eigenvalue weighted by atomic mass is 10.1. The Morgan fingerprint density at radius 1 is 1.50 bits per heavy atom. The molecular formula is C17H21N3O4. The molecule has 0 aliphatic heterocycles. The summed E-state index contributed by atoms with van der Waals surface area (Å²) in [6.07, 6.45) is 2.02. The molecule has 3 rings (SSSR count). The molecule has 1 heterocycles. The van der Waals surface area contributed by atoms with Crippen molar-refractivity contribution in [3.63, 3.8) is 0 Å². The average Bonchev–Trinajstić information content (AvgIpc) is 3.31. The summed E-state index contributed by atoms with van der Waals surface area (Å²) in [7, 11) is 1.62. The van der Waals surface area contributed by atoms with Crippen LogP contribution in [-0.2, 0) is 11.3 Å². The molecule has 1 aromatic carbocycles. The minimum Gasteiger partial charge on any atom is -0.496 e. The normalized spacial score (nSPS) is 15.5. The van der Waals surface area contributed by atoms with E-state index in [-0.39, 0.29) is 6.04 Å². The minimum atomic E-state index is -0.843. The van der Waals surface area contributed by atoms with Crippen LogP contribution in [0.25, 0.3) is 11.4 Å². The van der Waals surface area contributed by atoms with Gasteiger partial charge in [0.15, 0.2) is 0 Å². The van der Waals surface area contributed by atoms with Gasteiger partial charge in [-0.25, -0.2) is 0 Å². The number of aliphatic carboxylic acids is 1. The number of aryl methyl sites for hydroxylation is 1. The Bertz CT molecular complexity index is 739. The van der Waals surface area contributed by atoms with E-state index >= 15 is 0 Å². The van der Waals surface area contributed by atoms with Gasteiger partial charge in [-0.05, 0) is 38.3 Å². The summed E-state index contributed by atoms with van der Waals surface area (Å²) in [6.45, 7) is 3.99. The average molecular weight is 331 g/mol. The van der Waals surface area contributed by atoms with Crippen molar-refractivity contribution in [3.8, 4) is 17.1 Å². The third kappa shape index (κ3) is 3.41. The van der Waals surface area contributed by atoms with Crippen molar-refractivity contribution in [2.45, 2.75) is 45.3 Å². The van der Waals surface area contributed by atoms with Gasteiger partial charge in [-0.3, -0.25) is 9.69 Å². The van der Waals surface area contributed by atoms with Gasteiger partial charge >= 0.3 is 5.97 Å². The zero-order chi connectivity index (χ0) is 17.3. The monoisotopic (exact) mass is 331 g/mol. The van der Waals surface area contributed by atoms with Crippen LogP contribution >= 0.6 is 0 Å². The zero-order valence-corrected chi connectivity index (χ0v) is 14.0. The summed E-state index contributed by atoms with van der Waals surface area (Å²) in [5, 5.41) is 13.3. The van der Waals surface area contributed by atoms with Gasteiger partial charge in [-0.15, -0.1) is 0 Å². The fraction of sp³-hybridized carbons (Fsp3) is 0.471. The molecule has 1 saturated carbocycles. The predicted octanol–water partition coefficient (Wildman–Crippen LogP) is 2.49. The van der Waals surface area contributed by atoms with E-state index in [0.717, 1.165) is 29.7 Å². The molecule has 0 bridgehead atoms. The standard InChI is InChI=1S/C17H21N3O4/c1-10-4-5-12(8-14(10)23-3)16-18-15(24-19-16)9-20(13-6-7-13)11(2)17(21)22/h4-5,8,11,13H,6-7,9H2,1-3H3,(H,21,22). The van der Waals surface area contributed by atoms with Crippen molar-refractivity contribution in [1.82, 2.24) is 15.0 Å². The maximum absolute atomic E-state index is 11.3.